The van der Waals surface area contributed by atoms with Crippen LogP contribution in [-0.4, -0.2) is 7.05 Å². The van der Waals surface area contributed by atoms with Crippen LogP contribution in [0.3, 0.4) is 0 Å². The lowest BCUT2D eigenvalue weighted by Crippen LogP contribution is -2.16. The van der Waals surface area contributed by atoms with Crippen molar-refractivity contribution in [1.82, 2.24) is 5.32 Å². The summed E-state index contributed by atoms with van der Waals surface area (Å²) in [7, 11) is 1.97. The first-order chi connectivity index (χ1) is 8.69. The fraction of sp³-hybridized carbons (Fsp3) is 0.385. The van der Waals surface area contributed by atoms with Gasteiger partial charge >= 0.3 is 0 Å². The molecule has 0 saturated heterocycles. The summed E-state index contributed by atoms with van der Waals surface area (Å²) in [6, 6.07) is 4.47. The largest absolute Gasteiger partial charge is 0.309 e. The molecule has 0 saturated carbocycles. The summed E-state index contributed by atoms with van der Waals surface area (Å²) in [4.78, 5) is 2.89. The Hall–Kier alpha value is -0.0600. The van der Waals surface area contributed by atoms with Crippen LogP contribution in [0.2, 0.25) is 8.67 Å². The molecule has 96 valence electrons. The molecule has 0 amide bonds. The Morgan fingerprint density at radius 2 is 2.06 bits per heavy atom. The average molecular weight is 318 g/mol. The van der Waals surface area contributed by atoms with Crippen molar-refractivity contribution in [2.24, 2.45) is 0 Å². The zero-order valence-corrected chi connectivity index (χ0v) is 13.1. The summed E-state index contributed by atoms with van der Waals surface area (Å²) < 4.78 is 1.53. The van der Waals surface area contributed by atoms with E-state index in [1.807, 2.05) is 24.5 Å². The predicted molar refractivity (Wildman–Crippen MR) is 81.6 cm³/mol. The molecular weight excluding hydrogens is 305 g/mol. The van der Waals surface area contributed by atoms with Gasteiger partial charge in [0.15, 0.2) is 0 Å². The van der Waals surface area contributed by atoms with Crippen molar-refractivity contribution in [1.29, 1.82) is 0 Å². The highest BCUT2D eigenvalue weighted by atomic mass is 35.5. The van der Waals surface area contributed by atoms with Crippen LogP contribution in [0.5, 0.6) is 0 Å². The second-order valence-corrected chi connectivity index (χ2v) is 7.91. The smallest absolute Gasteiger partial charge is 0.0995 e. The Kier molecular flexibility index (Phi) is 3.70. The zero-order valence-electron chi connectivity index (χ0n) is 9.93. The normalized spacial score (nSPS) is 15.9. The molecule has 0 aromatic carbocycles. The van der Waals surface area contributed by atoms with Crippen molar-refractivity contribution in [3.05, 3.63) is 41.7 Å². The van der Waals surface area contributed by atoms with Crippen LogP contribution in [0, 0.1) is 0 Å². The fourth-order valence-corrected chi connectivity index (χ4v) is 5.41. The Labute approximate surface area is 125 Å². The van der Waals surface area contributed by atoms with E-state index in [9.17, 15) is 0 Å². The molecule has 1 atom stereocenters. The van der Waals surface area contributed by atoms with Gasteiger partial charge in [0.05, 0.1) is 14.7 Å². The molecule has 1 N–H and O–H groups in total. The van der Waals surface area contributed by atoms with Gasteiger partial charge in [0.1, 0.15) is 0 Å². The number of thiophene rings is 2. The highest BCUT2D eigenvalue weighted by Crippen LogP contribution is 2.41. The third kappa shape index (κ3) is 2.23. The molecule has 2 aromatic heterocycles. The van der Waals surface area contributed by atoms with E-state index in [0.717, 1.165) is 14.2 Å². The first kappa shape index (κ1) is 12.9. The molecule has 1 aliphatic carbocycles. The van der Waals surface area contributed by atoms with E-state index in [1.54, 1.807) is 4.88 Å². The Balaban J connectivity index is 1.99. The number of hydrogen-bond acceptors (Lipinski definition) is 3. The minimum atomic E-state index is 0.164. The molecule has 1 nitrogen and oxygen atoms in total. The number of fused-ring (bicyclic) bond motifs is 1. The number of hydrogen-bond donors (Lipinski definition) is 1. The van der Waals surface area contributed by atoms with E-state index in [0.29, 0.717) is 0 Å². The van der Waals surface area contributed by atoms with Crippen LogP contribution >= 0.6 is 45.9 Å². The third-order valence-electron chi connectivity index (χ3n) is 3.33. The maximum Gasteiger partial charge on any atom is 0.0995 e. The molecular formula is C13H13Cl2NS2. The SMILES string of the molecule is CNC(c1cc2c(s1)CCC2)c1cc(Cl)sc1Cl. The van der Waals surface area contributed by atoms with Crippen molar-refractivity contribution in [2.75, 3.05) is 7.05 Å². The van der Waals surface area contributed by atoms with Gasteiger partial charge in [-0.15, -0.1) is 22.7 Å². The fourth-order valence-electron chi connectivity index (χ4n) is 2.50. The van der Waals surface area contributed by atoms with E-state index < -0.39 is 0 Å². The van der Waals surface area contributed by atoms with Gasteiger partial charge in [-0.1, -0.05) is 23.2 Å². The molecule has 0 fully saturated rings. The van der Waals surface area contributed by atoms with Gasteiger partial charge in [0, 0.05) is 15.3 Å². The molecule has 1 unspecified atom stereocenters. The Morgan fingerprint density at radius 3 is 2.67 bits per heavy atom. The topological polar surface area (TPSA) is 12.0 Å². The molecule has 2 heterocycles. The van der Waals surface area contributed by atoms with E-state index in [-0.39, 0.29) is 6.04 Å². The van der Waals surface area contributed by atoms with Crippen molar-refractivity contribution in [3.63, 3.8) is 0 Å². The number of aryl methyl sites for hydroxylation is 2. The van der Waals surface area contributed by atoms with Gasteiger partial charge in [-0.05, 0) is 44.0 Å². The third-order valence-corrected chi connectivity index (χ3v) is 6.15. The van der Waals surface area contributed by atoms with Crippen LogP contribution in [0.25, 0.3) is 0 Å². The van der Waals surface area contributed by atoms with Crippen LogP contribution in [0.15, 0.2) is 12.1 Å². The number of halogens is 2. The van der Waals surface area contributed by atoms with Gasteiger partial charge < -0.3 is 5.32 Å². The lowest BCUT2D eigenvalue weighted by Gasteiger charge is -2.13. The van der Waals surface area contributed by atoms with Crippen LogP contribution < -0.4 is 5.32 Å². The Morgan fingerprint density at radius 1 is 1.22 bits per heavy atom. The quantitative estimate of drug-likeness (QED) is 0.847. The van der Waals surface area contributed by atoms with E-state index >= 15 is 0 Å². The van der Waals surface area contributed by atoms with Crippen LogP contribution in [0.1, 0.15) is 33.3 Å². The predicted octanol–water partition coefficient (Wildman–Crippen LogP) is 4.91. The lowest BCUT2D eigenvalue weighted by molar-refractivity contribution is 0.705. The summed E-state index contributed by atoms with van der Waals surface area (Å²) in [6.45, 7) is 0. The molecule has 0 aliphatic heterocycles. The van der Waals surface area contributed by atoms with E-state index in [1.165, 1.54) is 41.0 Å². The van der Waals surface area contributed by atoms with Crippen LogP contribution in [0.4, 0.5) is 0 Å². The van der Waals surface area contributed by atoms with Crippen molar-refractivity contribution < 1.29 is 0 Å². The summed E-state index contributed by atoms with van der Waals surface area (Å²) in [6.07, 6.45) is 3.76. The zero-order chi connectivity index (χ0) is 12.7. The first-order valence-electron chi connectivity index (χ1n) is 5.92. The maximum atomic E-state index is 6.26. The monoisotopic (exact) mass is 317 g/mol. The second kappa shape index (κ2) is 5.14. The number of nitrogens with one attached hydrogen (secondary N) is 1. The minimum Gasteiger partial charge on any atom is -0.309 e. The first-order valence-corrected chi connectivity index (χ1v) is 8.31. The molecule has 0 spiro atoms. The minimum absolute atomic E-state index is 0.164. The molecule has 5 heteroatoms. The lowest BCUT2D eigenvalue weighted by atomic mass is 10.1. The van der Waals surface area contributed by atoms with Gasteiger partial charge in [0.25, 0.3) is 0 Å². The molecule has 1 aliphatic rings. The van der Waals surface area contributed by atoms with Crippen molar-refractivity contribution in [2.45, 2.75) is 25.3 Å². The molecule has 0 radical (unpaired) electrons. The maximum absolute atomic E-state index is 6.26. The standard InChI is InChI=1S/C13H13Cl2NS2/c1-16-12(8-6-11(14)18-13(8)15)10-5-7-3-2-4-9(7)17-10/h5-6,12,16H,2-4H2,1H3. The highest BCUT2D eigenvalue weighted by molar-refractivity contribution is 7.20. The summed E-state index contributed by atoms with van der Waals surface area (Å²) in [5, 5.41) is 3.35. The Bertz CT molecular complexity index is 552. The average Bonchev–Trinajstić information content (AvgIpc) is 2.95. The van der Waals surface area contributed by atoms with Gasteiger partial charge in [-0.25, -0.2) is 0 Å². The summed E-state index contributed by atoms with van der Waals surface area (Å²) in [5.41, 5.74) is 2.61. The molecule has 2 aromatic rings. The number of rotatable bonds is 3. The van der Waals surface area contributed by atoms with Gasteiger partial charge in [-0.2, -0.15) is 0 Å². The summed E-state index contributed by atoms with van der Waals surface area (Å²) >= 11 is 15.6. The second-order valence-electron chi connectivity index (χ2n) is 4.45. The molecule has 18 heavy (non-hydrogen) atoms. The van der Waals surface area contributed by atoms with Gasteiger partial charge in [-0.3, -0.25) is 0 Å². The highest BCUT2D eigenvalue weighted by Gasteiger charge is 2.23. The van der Waals surface area contributed by atoms with Crippen molar-refractivity contribution >= 4 is 45.9 Å². The van der Waals surface area contributed by atoms with Crippen LogP contribution in [-0.2, 0) is 12.8 Å². The van der Waals surface area contributed by atoms with E-state index in [4.69, 9.17) is 23.2 Å². The summed E-state index contributed by atoms with van der Waals surface area (Å²) in [5.74, 6) is 0. The van der Waals surface area contributed by atoms with Gasteiger partial charge in [0.2, 0.25) is 0 Å². The van der Waals surface area contributed by atoms with Crippen molar-refractivity contribution in [3.8, 4) is 0 Å². The molecule has 0 bridgehead atoms. The molecule has 3 rings (SSSR count). The van der Waals surface area contributed by atoms with E-state index in [2.05, 4.69) is 11.4 Å².